The fraction of sp³-hybridized carbons (Fsp3) is 0.294. The highest BCUT2D eigenvalue weighted by Gasteiger charge is 2.09. The van der Waals surface area contributed by atoms with E-state index in [9.17, 15) is 0 Å². The number of benzene rings is 1. The number of aryl methyl sites for hydroxylation is 1. The number of nitrogens with one attached hydrogen (secondary N) is 1. The molecule has 2 aromatic rings. The predicted octanol–water partition coefficient (Wildman–Crippen LogP) is 3.41. The van der Waals surface area contributed by atoms with Crippen LogP contribution in [0.15, 0.2) is 49.1 Å². The monoisotopic (exact) mass is 282 g/mol. The van der Waals surface area contributed by atoms with E-state index in [0.717, 1.165) is 30.5 Å². The molecule has 0 fully saturated rings. The molecule has 0 aliphatic carbocycles. The molecule has 0 saturated heterocycles. The third-order valence-corrected chi connectivity index (χ3v) is 3.17. The van der Waals surface area contributed by atoms with E-state index in [1.54, 1.807) is 0 Å². The van der Waals surface area contributed by atoms with E-state index in [0.29, 0.717) is 6.54 Å². The second-order valence-electron chi connectivity index (χ2n) is 4.83. The van der Waals surface area contributed by atoms with Crippen LogP contribution in [0.25, 0.3) is 0 Å². The number of rotatable bonds is 7. The van der Waals surface area contributed by atoms with Gasteiger partial charge in [-0.3, -0.25) is 0 Å². The maximum absolute atomic E-state index is 4.56. The van der Waals surface area contributed by atoms with Crippen molar-refractivity contribution in [2.75, 3.05) is 23.3 Å². The molecule has 0 bridgehead atoms. The van der Waals surface area contributed by atoms with Gasteiger partial charge < -0.3 is 10.2 Å². The normalized spacial score (nSPS) is 10.2. The summed E-state index contributed by atoms with van der Waals surface area (Å²) in [5.41, 5.74) is 1.27. The molecule has 4 nitrogen and oxygen atoms in total. The molecule has 0 unspecified atom stereocenters. The zero-order valence-electron chi connectivity index (χ0n) is 12.7. The highest BCUT2D eigenvalue weighted by atomic mass is 15.2. The molecule has 0 aliphatic heterocycles. The summed E-state index contributed by atoms with van der Waals surface area (Å²) < 4.78 is 0. The Hall–Kier alpha value is -2.36. The van der Waals surface area contributed by atoms with Crippen molar-refractivity contribution in [2.45, 2.75) is 20.4 Å². The van der Waals surface area contributed by atoms with Crippen molar-refractivity contribution in [2.24, 2.45) is 0 Å². The first-order valence-electron chi connectivity index (χ1n) is 7.22. The Morgan fingerprint density at radius 3 is 2.67 bits per heavy atom. The van der Waals surface area contributed by atoms with E-state index in [1.807, 2.05) is 25.1 Å². The molecule has 1 heterocycles. The molecule has 0 spiro atoms. The third kappa shape index (κ3) is 4.31. The van der Waals surface area contributed by atoms with Crippen molar-refractivity contribution in [3.8, 4) is 0 Å². The summed E-state index contributed by atoms with van der Waals surface area (Å²) in [4.78, 5) is 11.2. The lowest BCUT2D eigenvalue weighted by atomic mass is 10.2. The highest BCUT2D eigenvalue weighted by molar-refractivity contribution is 5.50. The van der Waals surface area contributed by atoms with Crippen LogP contribution >= 0.6 is 0 Å². The Labute approximate surface area is 126 Å². The Balaban J connectivity index is 2.20. The Bertz CT molecular complexity index is 581. The van der Waals surface area contributed by atoms with Gasteiger partial charge in [0.05, 0.1) is 0 Å². The molecule has 0 radical (unpaired) electrons. The number of anilines is 2. The van der Waals surface area contributed by atoms with Gasteiger partial charge in [-0.05, 0) is 19.4 Å². The SMILES string of the molecule is C=CCNc1cc(N(CC)Cc2ccccc2)nc(C)n1. The fourth-order valence-electron chi connectivity index (χ4n) is 2.14. The fourth-order valence-corrected chi connectivity index (χ4v) is 2.14. The van der Waals surface area contributed by atoms with Crippen molar-refractivity contribution < 1.29 is 0 Å². The van der Waals surface area contributed by atoms with Crippen LogP contribution < -0.4 is 10.2 Å². The van der Waals surface area contributed by atoms with E-state index >= 15 is 0 Å². The summed E-state index contributed by atoms with van der Waals surface area (Å²) >= 11 is 0. The lowest BCUT2D eigenvalue weighted by molar-refractivity contribution is 0.805. The Kier molecular flexibility index (Phi) is 5.32. The smallest absolute Gasteiger partial charge is 0.134 e. The molecule has 2 rings (SSSR count). The van der Waals surface area contributed by atoms with Gasteiger partial charge >= 0.3 is 0 Å². The van der Waals surface area contributed by atoms with E-state index in [2.05, 4.69) is 58.0 Å². The van der Waals surface area contributed by atoms with Crippen LogP contribution in [0.2, 0.25) is 0 Å². The number of nitrogens with zero attached hydrogens (tertiary/aromatic N) is 3. The van der Waals surface area contributed by atoms with Gasteiger partial charge in [0.2, 0.25) is 0 Å². The summed E-state index contributed by atoms with van der Waals surface area (Å²) in [6.45, 7) is 10.2. The number of hydrogen-bond acceptors (Lipinski definition) is 4. The van der Waals surface area contributed by atoms with Gasteiger partial charge in [0.15, 0.2) is 0 Å². The van der Waals surface area contributed by atoms with Gasteiger partial charge in [0.1, 0.15) is 17.5 Å². The Morgan fingerprint density at radius 1 is 1.24 bits per heavy atom. The molecule has 1 N–H and O–H groups in total. The lowest BCUT2D eigenvalue weighted by Gasteiger charge is -2.23. The molecule has 4 heteroatoms. The quantitative estimate of drug-likeness (QED) is 0.790. The summed E-state index contributed by atoms with van der Waals surface area (Å²) in [7, 11) is 0. The van der Waals surface area contributed by atoms with Gasteiger partial charge in [-0.25, -0.2) is 9.97 Å². The average molecular weight is 282 g/mol. The van der Waals surface area contributed by atoms with Crippen LogP contribution in [0.3, 0.4) is 0 Å². The van der Waals surface area contributed by atoms with Crippen LogP contribution in [0, 0.1) is 6.92 Å². The van der Waals surface area contributed by atoms with Gasteiger partial charge in [0, 0.05) is 25.7 Å². The first-order valence-corrected chi connectivity index (χ1v) is 7.22. The molecule has 1 aromatic heterocycles. The molecule has 21 heavy (non-hydrogen) atoms. The topological polar surface area (TPSA) is 41.0 Å². The minimum atomic E-state index is 0.695. The maximum Gasteiger partial charge on any atom is 0.134 e. The third-order valence-electron chi connectivity index (χ3n) is 3.17. The van der Waals surface area contributed by atoms with Crippen LogP contribution in [-0.2, 0) is 6.54 Å². The highest BCUT2D eigenvalue weighted by Crippen LogP contribution is 2.18. The predicted molar refractivity (Wildman–Crippen MR) is 88.6 cm³/mol. The van der Waals surface area contributed by atoms with Gasteiger partial charge in [-0.1, -0.05) is 36.4 Å². The first-order chi connectivity index (χ1) is 10.2. The van der Waals surface area contributed by atoms with Crippen LogP contribution in [0.5, 0.6) is 0 Å². The molecular formula is C17H22N4. The lowest BCUT2D eigenvalue weighted by Crippen LogP contribution is -2.23. The van der Waals surface area contributed by atoms with Crippen molar-refractivity contribution in [1.82, 2.24) is 9.97 Å². The second-order valence-corrected chi connectivity index (χ2v) is 4.83. The van der Waals surface area contributed by atoms with Gasteiger partial charge in [-0.2, -0.15) is 0 Å². The zero-order valence-corrected chi connectivity index (χ0v) is 12.7. The molecule has 110 valence electrons. The molecule has 0 aliphatic rings. The molecule has 0 atom stereocenters. The molecule has 0 amide bonds. The van der Waals surface area contributed by atoms with Gasteiger partial charge in [-0.15, -0.1) is 6.58 Å². The molecule has 0 saturated carbocycles. The van der Waals surface area contributed by atoms with E-state index < -0.39 is 0 Å². The zero-order chi connectivity index (χ0) is 15.1. The first kappa shape index (κ1) is 15.0. The van der Waals surface area contributed by atoms with Crippen LogP contribution in [-0.4, -0.2) is 23.1 Å². The second kappa shape index (κ2) is 7.43. The minimum Gasteiger partial charge on any atom is -0.366 e. The number of aromatic nitrogens is 2. The van der Waals surface area contributed by atoms with Crippen molar-refractivity contribution in [3.05, 3.63) is 60.4 Å². The number of hydrogen-bond donors (Lipinski definition) is 1. The maximum atomic E-state index is 4.56. The summed E-state index contributed by atoms with van der Waals surface area (Å²) in [5.74, 6) is 2.55. The Morgan fingerprint density at radius 2 is 2.00 bits per heavy atom. The van der Waals surface area contributed by atoms with Crippen LogP contribution in [0.1, 0.15) is 18.3 Å². The molecular weight excluding hydrogens is 260 g/mol. The van der Waals surface area contributed by atoms with Crippen molar-refractivity contribution >= 4 is 11.6 Å². The van der Waals surface area contributed by atoms with Crippen molar-refractivity contribution in [1.29, 1.82) is 0 Å². The summed E-state index contributed by atoms with van der Waals surface area (Å²) in [6.07, 6.45) is 1.82. The van der Waals surface area contributed by atoms with E-state index in [1.165, 1.54) is 5.56 Å². The summed E-state index contributed by atoms with van der Waals surface area (Å²) in [5, 5.41) is 3.22. The van der Waals surface area contributed by atoms with E-state index in [4.69, 9.17) is 0 Å². The standard InChI is InChI=1S/C17H22N4/c1-4-11-18-16-12-17(20-14(3)19-16)21(5-2)13-15-9-7-6-8-10-15/h4,6-10,12H,1,5,11,13H2,2-3H3,(H,18,19,20). The van der Waals surface area contributed by atoms with Crippen LogP contribution in [0.4, 0.5) is 11.6 Å². The van der Waals surface area contributed by atoms with Crippen molar-refractivity contribution in [3.63, 3.8) is 0 Å². The van der Waals surface area contributed by atoms with E-state index in [-0.39, 0.29) is 0 Å². The minimum absolute atomic E-state index is 0.695. The summed E-state index contributed by atoms with van der Waals surface area (Å²) in [6, 6.07) is 12.4. The molecule has 1 aromatic carbocycles. The van der Waals surface area contributed by atoms with Gasteiger partial charge in [0.25, 0.3) is 0 Å². The average Bonchev–Trinajstić information content (AvgIpc) is 2.51. The largest absolute Gasteiger partial charge is 0.366 e.